The highest BCUT2D eigenvalue weighted by atomic mass is 19.1. The summed E-state index contributed by atoms with van der Waals surface area (Å²) in [6.45, 7) is 5.73. The van der Waals surface area contributed by atoms with Crippen LogP contribution in [0.4, 0.5) is 4.39 Å². The Hall–Kier alpha value is -0.930. The molecule has 112 valence electrons. The number of halogens is 1. The molecule has 0 amide bonds. The lowest BCUT2D eigenvalue weighted by Gasteiger charge is -2.29. The number of rotatable bonds is 6. The van der Waals surface area contributed by atoms with Crippen LogP contribution in [-0.4, -0.2) is 37.6 Å². The molecule has 0 saturated carbocycles. The van der Waals surface area contributed by atoms with Gasteiger partial charge in [0, 0.05) is 6.04 Å². The van der Waals surface area contributed by atoms with Gasteiger partial charge in [-0.05, 0) is 82.9 Å². The summed E-state index contributed by atoms with van der Waals surface area (Å²) in [6.07, 6.45) is 4.82. The highest BCUT2D eigenvalue weighted by Crippen LogP contribution is 2.18. The molecule has 0 aliphatic carbocycles. The second-order valence-corrected chi connectivity index (χ2v) is 6.22. The first-order chi connectivity index (χ1) is 9.63. The molecule has 1 fully saturated rings. The van der Waals surface area contributed by atoms with Gasteiger partial charge in [-0.3, -0.25) is 0 Å². The average Bonchev–Trinajstić information content (AvgIpc) is 2.41. The maximum absolute atomic E-state index is 13.1. The summed E-state index contributed by atoms with van der Waals surface area (Å²) < 4.78 is 13.1. The van der Waals surface area contributed by atoms with Gasteiger partial charge in [-0.2, -0.15) is 0 Å². The van der Waals surface area contributed by atoms with Crippen molar-refractivity contribution in [1.29, 1.82) is 0 Å². The Balaban J connectivity index is 1.64. The molecule has 1 heterocycles. The number of hydrogen-bond donors (Lipinski definition) is 1. The van der Waals surface area contributed by atoms with Crippen LogP contribution in [0.5, 0.6) is 0 Å². The Morgan fingerprint density at radius 1 is 1.35 bits per heavy atom. The van der Waals surface area contributed by atoms with Crippen LogP contribution < -0.4 is 5.32 Å². The molecule has 1 N–H and O–H groups in total. The van der Waals surface area contributed by atoms with E-state index in [1.165, 1.54) is 38.4 Å². The van der Waals surface area contributed by atoms with Crippen molar-refractivity contribution in [2.75, 3.05) is 26.7 Å². The summed E-state index contributed by atoms with van der Waals surface area (Å²) in [4.78, 5) is 2.41. The molecule has 1 saturated heterocycles. The van der Waals surface area contributed by atoms with Gasteiger partial charge in [0.25, 0.3) is 0 Å². The molecular weight excluding hydrogens is 251 g/mol. The Morgan fingerprint density at radius 3 is 2.80 bits per heavy atom. The topological polar surface area (TPSA) is 15.3 Å². The van der Waals surface area contributed by atoms with Crippen molar-refractivity contribution in [2.45, 2.75) is 38.6 Å². The molecule has 0 radical (unpaired) electrons. The third-order valence-corrected chi connectivity index (χ3v) is 4.31. The van der Waals surface area contributed by atoms with E-state index in [0.29, 0.717) is 6.04 Å². The quantitative estimate of drug-likeness (QED) is 0.860. The molecule has 3 heteroatoms. The van der Waals surface area contributed by atoms with Crippen molar-refractivity contribution >= 4 is 0 Å². The summed E-state index contributed by atoms with van der Waals surface area (Å²) in [7, 11) is 2.20. The van der Waals surface area contributed by atoms with E-state index >= 15 is 0 Å². The van der Waals surface area contributed by atoms with Crippen molar-refractivity contribution in [3.05, 3.63) is 35.6 Å². The monoisotopic (exact) mass is 278 g/mol. The van der Waals surface area contributed by atoms with E-state index < -0.39 is 0 Å². The predicted molar refractivity (Wildman–Crippen MR) is 82.4 cm³/mol. The minimum Gasteiger partial charge on any atom is -0.314 e. The number of nitrogens with one attached hydrogen (secondary N) is 1. The fraction of sp³-hybridized carbons (Fsp3) is 0.647. The van der Waals surface area contributed by atoms with Crippen LogP contribution in [0.2, 0.25) is 0 Å². The first kappa shape index (κ1) is 15.5. The largest absolute Gasteiger partial charge is 0.314 e. The first-order valence-electron chi connectivity index (χ1n) is 7.80. The SMILES string of the molecule is CC(Cc1cccc(F)c1)NCCC1CCN(C)CC1. The lowest BCUT2D eigenvalue weighted by Crippen LogP contribution is -2.34. The second-order valence-electron chi connectivity index (χ2n) is 6.22. The molecule has 1 aliphatic rings. The van der Waals surface area contributed by atoms with Gasteiger partial charge < -0.3 is 10.2 Å². The zero-order valence-electron chi connectivity index (χ0n) is 12.7. The molecule has 0 bridgehead atoms. The zero-order chi connectivity index (χ0) is 14.4. The standard InChI is InChI=1S/C17H27FN2/c1-14(12-16-4-3-5-17(18)13-16)19-9-6-15-7-10-20(2)11-8-15/h3-5,13-15,19H,6-12H2,1-2H3. The second kappa shape index (κ2) is 7.75. The van der Waals surface area contributed by atoms with Crippen molar-refractivity contribution in [2.24, 2.45) is 5.92 Å². The molecule has 20 heavy (non-hydrogen) atoms. The average molecular weight is 278 g/mol. The van der Waals surface area contributed by atoms with Crippen molar-refractivity contribution < 1.29 is 4.39 Å². The number of hydrogen-bond acceptors (Lipinski definition) is 2. The highest BCUT2D eigenvalue weighted by Gasteiger charge is 2.16. The van der Waals surface area contributed by atoms with Gasteiger partial charge in [0.2, 0.25) is 0 Å². The minimum absolute atomic E-state index is 0.138. The van der Waals surface area contributed by atoms with Gasteiger partial charge in [-0.25, -0.2) is 4.39 Å². The Bertz CT molecular complexity index is 400. The van der Waals surface area contributed by atoms with Gasteiger partial charge in [0.15, 0.2) is 0 Å². The summed E-state index contributed by atoms with van der Waals surface area (Å²) in [6, 6.07) is 7.33. The van der Waals surface area contributed by atoms with Crippen LogP contribution in [0, 0.1) is 11.7 Å². The first-order valence-corrected chi connectivity index (χ1v) is 7.80. The fourth-order valence-corrected chi connectivity index (χ4v) is 2.97. The molecule has 1 aliphatic heterocycles. The number of nitrogens with zero attached hydrogens (tertiary/aromatic N) is 1. The lowest BCUT2D eigenvalue weighted by atomic mass is 9.94. The Morgan fingerprint density at radius 2 is 2.10 bits per heavy atom. The number of likely N-dealkylation sites (tertiary alicyclic amines) is 1. The van der Waals surface area contributed by atoms with Gasteiger partial charge >= 0.3 is 0 Å². The summed E-state index contributed by atoms with van der Waals surface area (Å²) in [5.41, 5.74) is 1.07. The normalized spacial score (nSPS) is 19.1. The molecule has 1 atom stereocenters. The van der Waals surface area contributed by atoms with Crippen LogP contribution in [0.3, 0.4) is 0 Å². The van der Waals surface area contributed by atoms with Crippen molar-refractivity contribution in [3.63, 3.8) is 0 Å². The van der Waals surface area contributed by atoms with E-state index in [1.54, 1.807) is 12.1 Å². The van der Waals surface area contributed by atoms with Crippen LogP contribution in [-0.2, 0) is 6.42 Å². The van der Waals surface area contributed by atoms with Gasteiger partial charge in [0.1, 0.15) is 5.82 Å². The molecule has 1 aromatic rings. The van der Waals surface area contributed by atoms with Crippen molar-refractivity contribution in [1.82, 2.24) is 10.2 Å². The molecular formula is C17H27FN2. The molecule has 0 aromatic heterocycles. The van der Waals surface area contributed by atoms with E-state index in [0.717, 1.165) is 24.4 Å². The van der Waals surface area contributed by atoms with E-state index in [-0.39, 0.29) is 5.82 Å². The van der Waals surface area contributed by atoms with E-state index in [4.69, 9.17) is 0 Å². The van der Waals surface area contributed by atoms with Crippen LogP contribution in [0.25, 0.3) is 0 Å². The number of benzene rings is 1. The highest BCUT2D eigenvalue weighted by molar-refractivity contribution is 5.17. The lowest BCUT2D eigenvalue weighted by molar-refractivity contribution is 0.210. The van der Waals surface area contributed by atoms with Crippen LogP contribution in [0.15, 0.2) is 24.3 Å². The molecule has 2 rings (SSSR count). The molecule has 1 unspecified atom stereocenters. The number of piperidine rings is 1. The molecule has 2 nitrogen and oxygen atoms in total. The van der Waals surface area contributed by atoms with Crippen LogP contribution in [0.1, 0.15) is 31.7 Å². The van der Waals surface area contributed by atoms with Gasteiger partial charge in [0.05, 0.1) is 0 Å². The zero-order valence-corrected chi connectivity index (χ0v) is 12.7. The maximum Gasteiger partial charge on any atom is 0.123 e. The third-order valence-electron chi connectivity index (χ3n) is 4.31. The molecule has 1 aromatic carbocycles. The van der Waals surface area contributed by atoms with Gasteiger partial charge in [-0.1, -0.05) is 12.1 Å². The third kappa shape index (κ3) is 5.22. The summed E-state index contributed by atoms with van der Waals surface area (Å²) in [5.74, 6) is 0.737. The van der Waals surface area contributed by atoms with E-state index in [9.17, 15) is 4.39 Å². The smallest absolute Gasteiger partial charge is 0.123 e. The Kier molecular flexibility index (Phi) is 5.99. The minimum atomic E-state index is -0.138. The maximum atomic E-state index is 13.1. The molecule has 0 spiro atoms. The predicted octanol–water partition coefficient (Wildman–Crippen LogP) is 3.08. The van der Waals surface area contributed by atoms with E-state index in [1.807, 2.05) is 6.07 Å². The van der Waals surface area contributed by atoms with Gasteiger partial charge in [-0.15, -0.1) is 0 Å². The van der Waals surface area contributed by atoms with Crippen molar-refractivity contribution in [3.8, 4) is 0 Å². The van der Waals surface area contributed by atoms with E-state index in [2.05, 4.69) is 24.2 Å². The fourth-order valence-electron chi connectivity index (χ4n) is 2.97. The van der Waals surface area contributed by atoms with Crippen LogP contribution >= 0.6 is 0 Å². The Labute approximate surface area is 122 Å². The summed E-state index contributed by atoms with van der Waals surface area (Å²) >= 11 is 0. The summed E-state index contributed by atoms with van der Waals surface area (Å²) in [5, 5.41) is 3.57.